The first-order valence-corrected chi connectivity index (χ1v) is 1.12. The Labute approximate surface area is 25.3 Å². The fourth-order valence-electron chi connectivity index (χ4n) is 0.0456. The molecule has 4 heavy (non-hydrogen) atoms. The van der Waals surface area contributed by atoms with Crippen molar-refractivity contribution >= 4 is 7.07 Å². The molecule has 0 saturated heterocycles. The minimum absolute atomic E-state index is 0.917. The van der Waals surface area contributed by atoms with Crippen LogP contribution in [0.5, 0.6) is 0 Å². The van der Waals surface area contributed by atoms with Crippen LogP contribution in [0.1, 0.15) is 0 Å². The third-order valence-electron chi connectivity index (χ3n) is 0.312. The van der Waals surface area contributed by atoms with E-state index in [-0.39, 0.29) is 0 Å². The first kappa shape index (κ1) is 1.88. The van der Waals surface area contributed by atoms with Gasteiger partial charge in [0.1, 0.15) is 0 Å². The molecule has 0 unspecified atom stereocenters. The van der Waals surface area contributed by atoms with Crippen molar-refractivity contribution in [2.45, 2.75) is 0 Å². The van der Waals surface area contributed by atoms with Gasteiger partial charge in [0, 0.05) is 0 Å². The van der Waals surface area contributed by atoms with Crippen molar-refractivity contribution < 1.29 is 0 Å². The van der Waals surface area contributed by atoms with E-state index in [1.165, 1.54) is 0 Å². The van der Waals surface area contributed by atoms with E-state index < -0.39 is 0 Å². The predicted octanol–water partition coefficient (Wildman–Crippen LogP) is 0.359. The van der Waals surface area contributed by atoms with Crippen LogP contribution >= 0.6 is 0 Å². The fraction of sp³-hybridized carbons (Fsp3) is 0. The summed E-state index contributed by atoms with van der Waals surface area (Å²) in [7, 11) is 1.72. The Hall–Kier alpha value is -0.395. The first-order valence-electron chi connectivity index (χ1n) is 1.12. The van der Waals surface area contributed by atoms with Gasteiger partial charge in [-0.15, -0.1) is 0 Å². The Morgan fingerprint density at radius 2 is 2.25 bits per heavy atom. The molecule has 2 heteroatoms. The Balaban J connectivity index is 2.80. The van der Waals surface area contributed by atoms with Crippen LogP contribution in [-0.4, -0.2) is 7.07 Å². The molecule has 0 aromatic carbocycles. The number of hydrogen-bond acceptors (Lipinski definition) is 1. The molecule has 0 aromatic heterocycles. The van der Waals surface area contributed by atoms with Gasteiger partial charge in [-0.2, -0.15) is 0 Å². The molecule has 1 rings (SSSR count). The zero-order chi connectivity index (χ0) is 2.99. The first-order chi connectivity index (χ1) is 1.89. The van der Waals surface area contributed by atoms with Crippen LogP contribution in [-0.2, 0) is 0 Å². The Kier molecular flexibility index (Phi) is 0.149. The van der Waals surface area contributed by atoms with Crippen LogP contribution < -0.4 is 0 Å². The molecular weight excluding hydrogens is 48.8 g/mol. The standard InChI is InChI=1S/C2H2BN/c1-2-3-4-2/h1H2. The maximum atomic E-state index is 3.58. The third kappa shape index (κ3) is 0.0866. The van der Waals surface area contributed by atoms with E-state index in [9.17, 15) is 0 Å². The molecular formula is C2H2BN. The van der Waals surface area contributed by atoms with Gasteiger partial charge >= 0.3 is 24.1 Å². The summed E-state index contributed by atoms with van der Waals surface area (Å²) in [6.07, 6.45) is 0. The molecule has 0 aliphatic carbocycles. The second kappa shape index (κ2) is 0.316. The summed E-state index contributed by atoms with van der Waals surface area (Å²) in [5.74, 6) is 0. The van der Waals surface area contributed by atoms with Gasteiger partial charge in [-0.1, -0.05) is 0 Å². The van der Waals surface area contributed by atoms with Crippen LogP contribution in [0.2, 0.25) is 0 Å². The van der Waals surface area contributed by atoms with Crippen molar-refractivity contribution in [3.63, 3.8) is 0 Å². The molecule has 0 spiro atoms. The topological polar surface area (TPSA) is 12.4 Å². The van der Waals surface area contributed by atoms with Gasteiger partial charge < -0.3 is 0 Å². The van der Waals surface area contributed by atoms with Crippen molar-refractivity contribution in [1.29, 1.82) is 0 Å². The van der Waals surface area contributed by atoms with Crippen molar-refractivity contribution in [3.05, 3.63) is 12.2 Å². The Bertz CT molecular complexity index is 66.1. The molecule has 0 amide bonds. The second-order valence-corrected chi connectivity index (χ2v) is 0.750. The molecule has 0 aromatic rings. The van der Waals surface area contributed by atoms with Crippen molar-refractivity contribution in [2.24, 2.45) is 4.90 Å². The van der Waals surface area contributed by atoms with Crippen molar-refractivity contribution in [3.8, 4) is 0 Å². The minimum atomic E-state index is 0.917. The molecule has 0 bridgehead atoms. The zero-order valence-corrected chi connectivity index (χ0v) is 2.23. The monoisotopic (exact) mass is 51.0 g/mol. The van der Waals surface area contributed by atoms with Gasteiger partial charge in [0.15, 0.2) is 0 Å². The molecule has 1 nitrogen and oxygen atoms in total. The summed E-state index contributed by atoms with van der Waals surface area (Å²) < 4.78 is 0. The summed E-state index contributed by atoms with van der Waals surface area (Å²) in [6.45, 7) is 3.44. The summed E-state index contributed by atoms with van der Waals surface area (Å²) in [4.78, 5) is 3.58. The fourth-order valence-corrected chi connectivity index (χ4v) is 0.0456. The summed E-state index contributed by atoms with van der Waals surface area (Å²) >= 11 is 0. The van der Waals surface area contributed by atoms with Crippen molar-refractivity contribution in [1.82, 2.24) is 0 Å². The van der Waals surface area contributed by atoms with Gasteiger partial charge in [-0.3, -0.25) is 0 Å². The maximum absolute atomic E-state index is 3.58. The summed E-state index contributed by atoms with van der Waals surface area (Å²) in [5.41, 5.74) is 0.917. The van der Waals surface area contributed by atoms with Gasteiger partial charge in [0.2, 0.25) is 0 Å². The quantitative estimate of drug-likeness (QED) is 0.352. The molecule has 0 atom stereocenters. The summed E-state index contributed by atoms with van der Waals surface area (Å²) in [5, 5.41) is 0. The molecule has 1 aliphatic rings. The number of hydrogen-bond donors (Lipinski definition) is 0. The normalized spacial score (nSPS) is 15.5. The number of nitrogens with zero attached hydrogens (tertiary/aromatic N) is 1. The second-order valence-electron chi connectivity index (χ2n) is 0.750. The summed E-state index contributed by atoms with van der Waals surface area (Å²) in [6, 6.07) is 0. The Morgan fingerprint density at radius 1 is 2.00 bits per heavy atom. The SMILES string of the molecule is C=C1B=N1. The van der Waals surface area contributed by atoms with E-state index in [1.54, 1.807) is 7.07 Å². The zero-order valence-electron chi connectivity index (χ0n) is 2.23. The molecule has 0 fully saturated rings. The van der Waals surface area contributed by atoms with E-state index in [1.807, 2.05) is 0 Å². The van der Waals surface area contributed by atoms with Crippen molar-refractivity contribution in [2.75, 3.05) is 0 Å². The third-order valence-corrected chi connectivity index (χ3v) is 0.312. The van der Waals surface area contributed by atoms with E-state index in [0.717, 1.165) is 5.60 Å². The van der Waals surface area contributed by atoms with Crippen LogP contribution in [0, 0.1) is 0 Å². The molecule has 0 N–H and O–H groups in total. The molecule has 0 saturated carbocycles. The van der Waals surface area contributed by atoms with Gasteiger partial charge in [-0.05, 0) is 0 Å². The average Bonchev–Trinajstić information content (AvgIpc) is 1.75. The van der Waals surface area contributed by atoms with Crippen LogP contribution in [0.4, 0.5) is 0 Å². The van der Waals surface area contributed by atoms with Gasteiger partial charge in [0.05, 0.1) is 0 Å². The molecule has 0 radical (unpaired) electrons. The molecule has 1 heterocycles. The Morgan fingerprint density at radius 3 is 2.25 bits per heavy atom. The van der Waals surface area contributed by atoms with Gasteiger partial charge in [-0.25, -0.2) is 0 Å². The van der Waals surface area contributed by atoms with E-state index in [2.05, 4.69) is 11.5 Å². The van der Waals surface area contributed by atoms with E-state index in [0.29, 0.717) is 0 Å². The van der Waals surface area contributed by atoms with E-state index in [4.69, 9.17) is 0 Å². The van der Waals surface area contributed by atoms with Crippen LogP contribution in [0.3, 0.4) is 0 Å². The molecule has 18 valence electrons. The average molecular weight is 50.9 g/mol. The van der Waals surface area contributed by atoms with Crippen LogP contribution in [0.15, 0.2) is 17.1 Å². The predicted molar refractivity (Wildman–Crippen MR) is 17.3 cm³/mol. The number of rotatable bonds is 0. The van der Waals surface area contributed by atoms with Gasteiger partial charge in [0.25, 0.3) is 0 Å². The van der Waals surface area contributed by atoms with E-state index >= 15 is 0 Å². The van der Waals surface area contributed by atoms with Crippen LogP contribution in [0.25, 0.3) is 0 Å². The molecule has 1 aliphatic heterocycles.